The number of rotatable bonds is 5. The number of ether oxygens (including phenoxy) is 2. The van der Waals surface area contributed by atoms with Crippen molar-refractivity contribution >= 4 is 23.1 Å². The zero-order valence-corrected chi connectivity index (χ0v) is 17.6. The molecule has 0 N–H and O–H groups in total. The van der Waals surface area contributed by atoms with Crippen molar-refractivity contribution in [1.82, 2.24) is 24.8 Å². The predicted molar refractivity (Wildman–Crippen MR) is 113 cm³/mol. The molecule has 0 aliphatic heterocycles. The van der Waals surface area contributed by atoms with Crippen LogP contribution in [-0.2, 0) is 15.1 Å². The quantitative estimate of drug-likeness (QED) is 0.337. The SMILES string of the molecule is CC(=O)OC1(c2ccc(-c3cnn4cc(Oc5ccc(C)nn5)ccc34)nc2Cl)CC1. The summed E-state index contributed by atoms with van der Waals surface area (Å²) in [5.41, 5.74) is 3.27. The first-order valence-corrected chi connectivity index (χ1v) is 10.1. The molecule has 0 atom stereocenters. The lowest BCUT2D eigenvalue weighted by Crippen LogP contribution is -2.16. The summed E-state index contributed by atoms with van der Waals surface area (Å²) in [6, 6.07) is 11.1. The molecule has 156 valence electrons. The average Bonchev–Trinajstić information content (AvgIpc) is 3.37. The van der Waals surface area contributed by atoms with Gasteiger partial charge in [-0.25, -0.2) is 9.50 Å². The summed E-state index contributed by atoms with van der Waals surface area (Å²) in [4.78, 5) is 16.0. The van der Waals surface area contributed by atoms with Crippen LogP contribution in [0.3, 0.4) is 0 Å². The fourth-order valence-electron chi connectivity index (χ4n) is 3.52. The summed E-state index contributed by atoms with van der Waals surface area (Å²) >= 11 is 6.47. The van der Waals surface area contributed by atoms with Gasteiger partial charge in [0.25, 0.3) is 0 Å². The highest BCUT2D eigenvalue weighted by molar-refractivity contribution is 6.30. The van der Waals surface area contributed by atoms with Crippen LogP contribution in [0.25, 0.3) is 16.8 Å². The molecule has 5 rings (SSSR count). The number of fused-ring (bicyclic) bond motifs is 1. The van der Waals surface area contributed by atoms with Crippen molar-refractivity contribution < 1.29 is 14.3 Å². The van der Waals surface area contributed by atoms with Crippen LogP contribution in [0.1, 0.15) is 31.0 Å². The molecule has 1 saturated carbocycles. The summed E-state index contributed by atoms with van der Waals surface area (Å²) < 4.78 is 12.9. The molecule has 0 unspecified atom stereocenters. The first kappa shape index (κ1) is 19.4. The topological polar surface area (TPSA) is 91.5 Å². The summed E-state index contributed by atoms with van der Waals surface area (Å²) in [5, 5.41) is 12.7. The van der Waals surface area contributed by atoms with Crippen molar-refractivity contribution in [2.75, 3.05) is 0 Å². The molecule has 0 saturated heterocycles. The Bertz CT molecular complexity index is 1300. The smallest absolute Gasteiger partial charge is 0.303 e. The number of hydrogen-bond acceptors (Lipinski definition) is 7. The Morgan fingerprint density at radius 1 is 1.13 bits per heavy atom. The summed E-state index contributed by atoms with van der Waals surface area (Å²) in [6.07, 6.45) is 4.98. The molecule has 8 nitrogen and oxygen atoms in total. The average molecular weight is 436 g/mol. The monoisotopic (exact) mass is 435 g/mol. The van der Waals surface area contributed by atoms with Gasteiger partial charge >= 0.3 is 5.97 Å². The van der Waals surface area contributed by atoms with Crippen LogP contribution in [0.2, 0.25) is 5.15 Å². The van der Waals surface area contributed by atoms with Crippen molar-refractivity contribution in [1.29, 1.82) is 0 Å². The van der Waals surface area contributed by atoms with Crippen LogP contribution >= 0.6 is 11.6 Å². The Morgan fingerprint density at radius 2 is 1.97 bits per heavy atom. The maximum Gasteiger partial charge on any atom is 0.303 e. The number of carbonyl (C=O) groups is 1. The Morgan fingerprint density at radius 3 is 2.65 bits per heavy atom. The number of hydrogen-bond donors (Lipinski definition) is 0. The maximum atomic E-state index is 11.4. The van der Waals surface area contributed by atoms with Gasteiger partial charge in [0, 0.05) is 24.1 Å². The fourth-order valence-corrected chi connectivity index (χ4v) is 3.85. The largest absolute Gasteiger partial charge is 0.454 e. The number of aryl methyl sites for hydroxylation is 1. The minimum absolute atomic E-state index is 0.324. The fraction of sp³-hybridized carbons (Fsp3) is 0.227. The molecule has 1 aliphatic rings. The zero-order valence-electron chi connectivity index (χ0n) is 16.9. The van der Waals surface area contributed by atoms with Gasteiger partial charge < -0.3 is 9.47 Å². The summed E-state index contributed by atoms with van der Waals surface area (Å²) in [7, 11) is 0. The molecule has 0 spiro atoms. The van der Waals surface area contributed by atoms with Crippen molar-refractivity contribution in [3.8, 4) is 22.9 Å². The van der Waals surface area contributed by atoms with E-state index in [1.165, 1.54) is 6.92 Å². The van der Waals surface area contributed by atoms with Gasteiger partial charge in [0.05, 0.1) is 29.3 Å². The van der Waals surface area contributed by atoms with Crippen LogP contribution in [0, 0.1) is 6.92 Å². The van der Waals surface area contributed by atoms with Gasteiger partial charge in [-0.3, -0.25) is 4.79 Å². The Kier molecular flexibility index (Phi) is 4.59. The molecule has 0 aromatic carbocycles. The third-order valence-corrected chi connectivity index (χ3v) is 5.43. The van der Waals surface area contributed by atoms with Crippen molar-refractivity contribution in [3.05, 3.63) is 65.2 Å². The highest BCUT2D eigenvalue weighted by Crippen LogP contribution is 2.51. The molecule has 0 radical (unpaired) electrons. The molecular weight excluding hydrogens is 418 g/mol. The van der Waals surface area contributed by atoms with E-state index in [2.05, 4.69) is 20.3 Å². The van der Waals surface area contributed by atoms with E-state index in [-0.39, 0.29) is 5.97 Å². The number of esters is 1. The predicted octanol–water partition coefficient (Wildman–Crippen LogP) is 4.49. The van der Waals surface area contributed by atoms with Gasteiger partial charge in [-0.2, -0.15) is 10.2 Å². The summed E-state index contributed by atoms with van der Waals surface area (Å²) in [5.74, 6) is 0.664. The molecule has 9 heteroatoms. The molecule has 0 amide bonds. The van der Waals surface area contributed by atoms with Crippen molar-refractivity contribution in [3.63, 3.8) is 0 Å². The molecule has 31 heavy (non-hydrogen) atoms. The van der Waals surface area contributed by atoms with E-state index >= 15 is 0 Å². The minimum Gasteiger partial charge on any atom is -0.454 e. The molecule has 1 fully saturated rings. The molecule has 1 aliphatic carbocycles. The van der Waals surface area contributed by atoms with Crippen LogP contribution in [0.4, 0.5) is 0 Å². The van der Waals surface area contributed by atoms with Gasteiger partial charge in [0.15, 0.2) is 0 Å². The summed E-state index contributed by atoms with van der Waals surface area (Å²) in [6.45, 7) is 3.26. The van der Waals surface area contributed by atoms with Crippen LogP contribution < -0.4 is 4.74 Å². The third kappa shape index (κ3) is 3.70. The number of carbonyl (C=O) groups excluding carboxylic acids is 1. The van der Waals surface area contributed by atoms with Crippen molar-refractivity contribution in [2.24, 2.45) is 0 Å². The second-order valence-corrected chi connectivity index (χ2v) is 7.85. The van der Waals surface area contributed by atoms with E-state index in [0.29, 0.717) is 22.5 Å². The molecule has 0 bridgehead atoms. The van der Waals surface area contributed by atoms with Gasteiger partial charge in [0.2, 0.25) is 5.88 Å². The van der Waals surface area contributed by atoms with Gasteiger partial charge in [-0.15, -0.1) is 5.10 Å². The highest BCUT2D eigenvalue weighted by Gasteiger charge is 2.49. The molecular formula is C22H18ClN5O3. The first-order chi connectivity index (χ1) is 14.9. The van der Waals surface area contributed by atoms with E-state index < -0.39 is 5.60 Å². The van der Waals surface area contributed by atoms with Crippen LogP contribution in [-0.4, -0.2) is 30.8 Å². The third-order valence-electron chi connectivity index (χ3n) is 5.14. The number of pyridine rings is 2. The Balaban J connectivity index is 1.43. The molecule has 4 aromatic rings. The normalized spacial score (nSPS) is 14.4. The lowest BCUT2D eigenvalue weighted by atomic mass is 10.1. The van der Waals surface area contributed by atoms with E-state index in [0.717, 1.165) is 35.2 Å². The second-order valence-electron chi connectivity index (χ2n) is 7.49. The Labute approximate surface area is 182 Å². The lowest BCUT2D eigenvalue weighted by molar-refractivity contribution is -0.149. The second kappa shape index (κ2) is 7.31. The maximum absolute atomic E-state index is 11.4. The van der Waals surface area contributed by atoms with Crippen LogP contribution in [0.5, 0.6) is 11.6 Å². The Hall–Kier alpha value is -3.52. The van der Waals surface area contributed by atoms with Gasteiger partial charge in [-0.1, -0.05) is 11.6 Å². The number of halogens is 1. The first-order valence-electron chi connectivity index (χ1n) is 9.76. The van der Waals surface area contributed by atoms with E-state index in [1.54, 1.807) is 23.0 Å². The van der Waals surface area contributed by atoms with Crippen LogP contribution in [0.15, 0.2) is 48.8 Å². The number of aromatic nitrogens is 5. The van der Waals surface area contributed by atoms with E-state index in [9.17, 15) is 4.79 Å². The highest BCUT2D eigenvalue weighted by atomic mass is 35.5. The van der Waals surface area contributed by atoms with Crippen molar-refractivity contribution in [2.45, 2.75) is 32.3 Å². The zero-order chi connectivity index (χ0) is 21.6. The lowest BCUT2D eigenvalue weighted by Gasteiger charge is -2.17. The van der Waals surface area contributed by atoms with E-state index in [4.69, 9.17) is 21.1 Å². The molecule has 4 heterocycles. The minimum atomic E-state index is -0.638. The number of nitrogens with zero attached hydrogens (tertiary/aromatic N) is 5. The van der Waals surface area contributed by atoms with Gasteiger partial charge in [0.1, 0.15) is 16.5 Å². The van der Waals surface area contributed by atoms with E-state index in [1.807, 2.05) is 37.3 Å². The van der Waals surface area contributed by atoms with Gasteiger partial charge in [-0.05, 0) is 50.1 Å². The standard InChI is InChI=1S/C22H18ClN5O3/c1-13-3-8-20(27-26-13)30-15-4-7-19-16(11-24-28(19)12-15)18-6-5-17(21(23)25-18)22(9-10-22)31-14(2)29/h3-8,11-12H,9-10H2,1-2H3. The molecule has 4 aromatic heterocycles.